The van der Waals surface area contributed by atoms with Crippen LogP contribution in [0.25, 0.3) is 0 Å². The summed E-state index contributed by atoms with van der Waals surface area (Å²) in [6.07, 6.45) is 0. The van der Waals surface area contributed by atoms with Crippen molar-refractivity contribution in [3.8, 4) is 0 Å². The minimum atomic E-state index is -1.01. The van der Waals surface area contributed by atoms with Gasteiger partial charge in [-0.1, -0.05) is 0 Å². The summed E-state index contributed by atoms with van der Waals surface area (Å²) in [4.78, 5) is 31.7. The molecule has 0 saturated heterocycles. The van der Waals surface area contributed by atoms with E-state index in [9.17, 15) is 24.1 Å². The molecule has 0 aliphatic rings. The van der Waals surface area contributed by atoms with Crippen molar-refractivity contribution >= 4 is 23.3 Å². The molecule has 0 bridgehead atoms. The zero-order valence-electron chi connectivity index (χ0n) is 9.84. The zero-order valence-corrected chi connectivity index (χ0v) is 9.84. The third-order valence-electron chi connectivity index (χ3n) is 2.16. The molecule has 3 amide bonds. The van der Waals surface area contributed by atoms with Crippen LogP contribution in [0.2, 0.25) is 0 Å². The lowest BCUT2D eigenvalue weighted by molar-refractivity contribution is -0.387. The van der Waals surface area contributed by atoms with Crippen LogP contribution in [0.4, 0.5) is 20.6 Å². The molecule has 0 fully saturated rings. The fourth-order valence-corrected chi connectivity index (χ4v) is 1.26. The molecule has 19 heavy (non-hydrogen) atoms. The average molecular weight is 270 g/mol. The average Bonchev–Trinajstić information content (AvgIpc) is 2.30. The van der Waals surface area contributed by atoms with Crippen LogP contribution in [0.5, 0.6) is 0 Å². The normalized spacial score (nSPS) is 11.5. The van der Waals surface area contributed by atoms with Crippen molar-refractivity contribution < 1.29 is 18.9 Å². The van der Waals surface area contributed by atoms with Crippen LogP contribution < -0.4 is 16.4 Å². The minimum absolute atomic E-state index is 0.0382. The van der Waals surface area contributed by atoms with Gasteiger partial charge in [-0.2, -0.15) is 4.39 Å². The molecule has 4 N–H and O–H groups in total. The summed E-state index contributed by atoms with van der Waals surface area (Å²) in [6.45, 7) is 1.37. The lowest BCUT2D eigenvalue weighted by Gasteiger charge is -2.12. The molecule has 8 nitrogen and oxygen atoms in total. The van der Waals surface area contributed by atoms with Crippen molar-refractivity contribution in [1.82, 2.24) is 5.32 Å². The topological polar surface area (TPSA) is 127 Å². The van der Waals surface area contributed by atoms with Crippen molar-refractivity contribution in [3.05, 3.63) is 34.1 Å². The van der Waals surface area contributed by atoms with Crippen LogP contribution in [-0.4, -0.2) is 22.9 Å². The van der Waals surface area contributed by atoms with Crippen molar-refractivity contribution in [2.75, 3.05) is 5.32 Å². The number of nitrogens with one attached hydrogen (secondary N) is 2. The van der Waals surface area contributed by atoms with Gasteiger partial charge >= 0.3 is 11.7 Å². The van der Waals surface area contributed by atoms with E-state index in [-0.39, 0.29) is 5.69 Å². The predicted molar refractivity (Wildman–Crippen MR) is 63.9 cm³/mol. The van der Waals surface area contributed by atoms with Crippen LogP contribution in [0.1, 0.15) is 6.92 Å². The summed E-state index contributed by atoms with van der Waals surface area (Å²) >= 11 is 0. The highest BCUT2D eigenvalue weighted by molar-refractivity contribution is 5.96. The standard InChI is InChI=1S/C10H11FN4O4/c1-5(13-10(12)17)9(16)14-6-2-3-7(11)8(4-6)15(18)19/h2-5H,1H3,(H,14,16)(H3,12,13,17)/t5-/m0/s1. The molecule has 0 aliphatic carbocycles. The van der Waals surface area contributed by atoms with E-state index in [1.807, 2.05) is 0 Å². The van der Waals surface area contributed by atoms with Gasteiger partial charge in [0.1, 0.15) is 6.04 Å². The van der Waals surface area contributed by atoms with Crippen molar-refractivity contribution in [1.29, 1.82) is 0 Å². The summed E-state index contributed by atoms with van der Waals surface area (Å²) in [5.74, 6) is -1.65. The highest BCUT2D eigenvalue weighted by Gasteiger charge is 2.18. The maximum atomic E-state index is 13.1. The molecule has 1 aromatic carbocycles. The highest BCUT2D eigenvalue weighted by Crippen LogP contribution is 2.21. The molecular formula is C10H11FN4O4. The van der Waals surface area contributed by atoms with Crippen molar-refractivity contribution in [2.24, 2.45) is 5.73 Å². The number of carbonyl (C=O) groups is 2. The second-order valence-electron chi connectivity index (χ2n) is 3.64. The number of primary amides is 1. The fourth-order valence-electron chi connectivity index (χ4n) is 1.26. The lowest BCUT2D eigenvalue weighted by atomic mass is 10.2. The first kappa shape index (κ1) is 14.4. The van der Waals surface area contributed by atoms with E-state index in [2.05, 4.69) is 10.6 Å². The first-order valence-electron chi connectivity index (χ1n) is 5.12. The summed E-state index contributed by atoms with van der Waals surface area (Å²) in [6, 6.07) is 1.09. The first-order valence-corrected chi connectivity index (χ1v) is 5.12. The number of benzene rings is 1. The fraction of sp³-hybridized carbons (Fsp3) is 0.200. The molecule has 1 aromatic rings. The number of rotatable bonds is 4. The number of urea groups is 1. The summed E-state index contributed by atoms with van der Waals surface area (Å²) in [5.41, 5.74) is 4.12. The van der Waals surface area contributed by atoms with Crippen LogP contribution in [-0.2, 0) is 4.79 Å². The number of carbonyl (C=O) groups excluding carboxylic acids is 2. The van der Waals surface area contributed by atoms with Crippen LogP contribution in [0, 0.1) is 15.9 Å². The van der Waals surface area contributed by atoms with Gasteiger partial charge in [0.2, 0.25) is 11.7 Å². The third-order valence-corrected chi connectivity index (χ3v) is 2.16. The van der Waals surface area contributed by atoms with E-state index >= 15 is 0 Å². The number of hydrogen-bond acceptors (Lipinski definition) is 4. The van der Waals surface area contributed by atoms with Gasteiger partial charge in [-0.05, 0) is 19.1 Å². The van der Waals surface area contributed by atoms with Crippen molar-refractivity contribution in [2.45, 2.75) is 13.0 Å². The second kappa shape index (κ2) is 5.76. The van der Waals surface area contributed by atoms with Gasteiger partial charge in [-0.15, -0.1) is 0 Å². The molecule has 0 aliphatic heterocycles. The van der Waals surface area contributed by atoms with Crippen LogP contribution >= 0.6 is 0 Å². The highest BCUT2D eigenvalue weighted by atomic mass is 19.1. The maximum absolute atomic E-state index is 13.1. The number of nitro groups is 1. The molecule has 0 saturated carbocycles. The monoisotopic (exact) mass is 270 g/mol. The van der Waals surface area contributed by atoms with Gasteiger partial charge in [0, 0.05) is 11.8 Å². The SMILES string of the molecule is C[C@H](NC(N)=O)C(=O)Nc1ccc(F)c([N+](=O)[O-])c1. The largest absolute Gasteiger partial charge is 0.352 e. The zero-order chi connectivity index (χ0) is 14.6. The van der Waals surface area contributed by atoms with E-state index in [1.165, 1.54) is 6.92 Å². The van der Waals surface area contributed by atoms with Gasteiger partial charge in [0.25, 0.3) is 0 Å². The Labute approximate surface area is 106 Å². The smallest absolute Gasteiger partial charge is 0.312 e. The van der Waals surface area contributed by atoms with E-state index in [1.54, 1.807) is 0 Å². The number of nitrogens with zero attached hydrogens (tertiary/aromatic N) is 1. The Hall–Kier alpha value is -2.71. The molecule has 0 unspecified atom stereocenters. The molecule has 9 heteroatoms. The molecule has 0 aromatic heterocycles. The van der Waals surface area contributed by atoms with Gasteiger partial charge in [-0.25, -0.2) is 4.79 Å². The van der Waals surface area contributed by atoms with Gasteiger partial charge < -0.3 is 16.4 Å². The predicted octanol–water partition coefficient (Wildman–Crippen LogP) is 0.729. The molecule has 0 heterocycles. The minimum Gasteiger partial charge on any atom is -0.352 e. The molecule has 102 valence electrons. The summed E-state index contributed by atoms with van der Waals surface area (Å²) in [7, 11) is 0. The quantitative estimate of drug-likeness (QED) is 0.550. The number of amides is 3. The van der Waals surface area contributed by atoms with E-state index < -0.39 is 34.4 Å². The van der Waals surface area contributed by atoms with Crippen molar-refractivity contribution in [3.63, 3.8) is 0 Å². The molecule has 1 atom stereocenters. The van der Waals surface area contributed by atoms with Crippen LogP contribution in [0.3, 0.4) is 0 Å². The number of hydrogen-bond donors (Lipinski definition) is 3. The van der Waals surface area contributed by atoms with E-state index in [4.69, 9.17) is 5.73 Å². The Balaban J connectivity index is 2.83. The molecule has 1 rings (SSSR count). The molecular weight excluding hydrogens is 259 g/mol. The van der Waals surface area contributed by atoms with E-state index in [0.717, 1.165) is 18.2 Å². The molecule has 0 spiro atoms. The Morgan fingerprint density at radius 1 is 1.47 bits per heavy atom. The third kappa shape index (κ3) is 3.91. The Bertz CT molecular complexity index is 534. The summed E-state index contributed by atoms with van der Waals surface area (Å²) < 4.78 is 13.1. The number of anilines is 1. The Morgan fingerprint density at radius 2 is 2.11 bits per heavy atom. The Morgan fingerprint density at radius 3 is 2.63 bits per heavy atom. The Kier molecular flexibility index (Phi) is 4.35. The number of nitrogens with two attached hydrogens (primary N) is 1. The van der Waals surface area contributed by atoms with Gasteiger partial charge in [0.15, 0.2) is 0 Å². The number of halogens is 1. The number of nitro benzene ring substituents is 1. The lowest BCUT2D eigenvalue weighted by Crippen LogP contribution is -2.44. The first-order chi connectivity index (χ1) is 8.81. The second-order valence-corrected chi connectivity index (χ2v) is 3.64. The van der Waals surface area contributed by atoms with Gasteiger partial charge in [0.05, 0.1) is 4.92 Å². The van der Waals surface area contributed by atoms with Gasteiger partial charge in [-0.3, -0.25) is 14.9 Å². The van der Waals surface area contributed by atoms with E-state index in [0.29, 0.717) is 0 Å². The van der Waals surface area contributed by atoms with Crippen LogP contribution in [0.15, 0.2) is 18.2 Å². The summed E-state index contributed by atoms with van der Waals surface area (Å²) in [5, 5.41) is 14.9. The maximum Gasteiger partial charge on any atom is 0.312 e. The molecule has 0 radical (unpaired) electrons.